The summed E-state index contributed by atoms with van der Waals surface area (Å²) in [5.74, 6) is -0.715. The molecule has 2 aromatic rings. The van der Waals surface area contributed by atoms with E-state index in [1.54, 1.807) is 6.07 Å². The van der Waals surface area contributed by atoms with Gasteiger partial charge >= 0.3 is 29.6 Å². The van der Waals surface area contributed by atoms with E-state index in [0.717, 1.165) is 12.1 Å². The minimum atomic E-state index is -4.67. The quantitative estimate of drug-likeness (QED) is 0.282. The third kappa shape index (κ3) is 6.09. The van der Waals surface area contributed by atoms with Gasteiger partial charge in [0.05, 0.1) is 12.0 Å². The van der Waals surface area contributed by atoms with Crippen molar-refractivity contribution in [3.63, 3.8) is 0 Å². The number of carbonyl (C=O) groups excluding carboxylic acids is 1. The molecule has 0 radical (unpaired) electrons. The molecule has 2 N–H and O–H groups in total. The molecular weight excluding hydrogens is 383 g/mol. The summed E-state index contributed by atoms with van der Waals surface area (Å²) >= 11 is 0. The second-order valence-electron chi connectivity index (χ2n) is 5.04. The maximum Gasteiger partial charge on any atom is 1.00 e. The molecule has 0 saturated heterocycles. The number of nitrogens with one attached hydrogen (secondary N) is 1. The first kappa shape index (κ1) is 22.7. The van der Waals surface area contributed by atoms with E-state index in [9.17, 15) is 28.1 Å². The van der Waals surface area contributed by atoms with E-state index >= 15 is 0 Å². The molecule has 8 nitrogen and oxygen atoms in total. The molecule has 1 amide bonds. The Bertz CT molecular complexity index is 1030. The van der Waals surface area contributed by atoms with Crippen molar-refractivity contribution < 1.29 is 57.2 Å². The number of phenolic OH excluding ortho intramolecular Hbond substituents is 1. The summed E-state index contributed by atoms with van der Waals surface area (Å²) in [5, 5.41) is 21.1. The molecule has 134 valence electrons. The fraction of sp³-hybridized carbons (Fsp3) is 0.0588. The van der Waals surface area contributed by atoms with Crippen LogP contribution in [0.2, 0.25) is 0 Å². The zero-order valence-corrected chi connectivity index (χ0v) is 17.3. The zero-order chi connectivity index (χ0) is 19.3. The van der Waals surface area contributed by atoms with Crippen LogP contribution in [0.3, 0.4) is 0 Å². The summed E-state index contributed by atoms with van der Waals surface area (Å²) in [7, 11) is -3.31. The zero-order valence-electron chi connectivity index (χ0n) is 14.5. The van der Waals surface area contributed by atoms with Crippen molar-refractivity contribution in [2.75, 3.05) is 12.4 Å². The summed E-state index contributed by atoms with van der Waals surface area (Å²) < 4.78 is 38.0. The van der Waals surface area contributed by atoms with Crippen molar-refractivity contribution in [2.45, 2.75) is 4.90 Å². The molecule has 0 aliphatic carbocycles. The van der Waals surface area contributed by atoms with E-state index in [1.807, 2.05) is 0 Å². The van der Waals surface area contributed by atoms with Crippen molar-refractivity contribution in [1.29, 1.82) is 5.26 Å². The Labute approximate surface area is 178 Å². The van der Waals surface area contributed by atoms with Crippen LogP contribution in [0.15, 0.2) is 52.9 Å². The van der Waals surface area contributed by atoms with Crippen LogP contribution in [0, 0.1) is 11.3 Å². The molecule has 0 saturated carbocycles. The van der Waals surface area contributed by atoms with Gasteiger partial charge in [0, 0.05) is 5.69 Å². The topological polar surface area (TPSA) is 140 Å². The van der Waals surface area contributed by atoms with Gasteiger partial charge in [0.15, 0.2) is 11.5 Å². The minimum absolute atomic E-state index is 0. The smallest absolute Gasteiger partial charge is 0.744 e. The Hall–Kier alpha value is -2.35. The number of benzene rings is 2. The van der Waals surface area contributed by atoms with Crippen LogP contribution in [0.25, 0.3) is 6.08 Å². The number of phenols is 1. The number of nitrogens with zero attached hydrogens (tertiary/aromatic N) is 1. The normalized spacial score (nSPS) is 11.1. The Morgan fingerprint density at radius 2 is 2.00 bits per heavy atom. The first-order chi connectivity index (χ1) is 12.2. The number of ether oxygens (including phenoxy) is 1. The molecule has 0 aliphatic rings. The van der Waals surface area contributed by atoms with Gasteiger partial charge < -0.3 is 19.7 Å². The molecule has 2 aromatic carbocycles. The fourth-order valence-corrected chi connectivity index (χ4v) is 2.54. The number of aromatic hydroxyl groups is 1. The van der Waals surface area contributed by atoms with Crippen LogP contribution in [0.4, 0.5) is 5.69 Å². The minimum Gasteiger partial charge on any atom is -0.744 e. The van der Waals surface area contributed by atoms with Gasteiger partial charge in [-0.1, -0.05) is 12.1 Å². The molecule has 2 rings (SSSR count). The van der Waals surface area contributed by atoms with Crippen molar-refractivity contribution in [3.8, 4) is 17.6 Å². The van der Waals surface area contributed by atoms with Gasteiger partial charge in [-0.05, 0) is 42.0 Å². The Morgan fingerprint density at radius 3 is 2.59 bits per heavy atom. The van der Waals surface area contributed by atoms with Crippen molar-refractivity contribution in [1.82, 2.24) is 0 Å². The second-order valence-corrected chi connectivity index (χ2v) is 6.42. The maximum absolute atomic E-state index is 12.2. The summed E-state index contributed by atoms with van der Waals surface area (Å²) in [6.45, 7) is 0. The van der Waals surface area contributed by atoms with Gasteiger partial charge in [0.1, 0.15) is 21.8 Å². The van der Waals surface area contributed by atoms with Gasteiger partial charge in [-0.15, -0.1) is 0 Å². The second kappa shape index (κ2) is 9.55. The van der Waals surface area contributed by atoms with Gasteiger partial charge in [0.25, 0.3) is 5.91 Å². The first-order valence-corrected chi connectivity index (χ1v) is 8.51. The predicted molar refractivity (Wildman–Crippen MR) is 91.3 cm³/mol. The molecule has 0 unspecified atom stereocenters. The molecule has 0 aromatic heterocycles. The molecular formula is C17H13N2NaO6S. The summed E-state index contributed by atoms with van der Waals surface area (Å²) in [5.41, 5.74) is 0.215. The van der Waals surface area contributed by atoms with Crippen LogP contribution >= 0.6 is 0 Å². The third-order valence-electron chi connectivity index (χ3n) is 3.26. The van der Waals surface area contributed by atoms with Gasteiger partial charge in [-0.3, -0.25) is 4.79 Å². The van der Waals surface area contributed by atoms with Gasteiger partial charge in [-0.25, -0.2) is 8.42 Å². The standard InChI is InChI=1S/C17H14N2O6S.Na/c1-25-16-8-11(5-6-15(16)20)7-12(10-18)17(21)19-13-3-2-4-14(9-13)26(22,23)24;/h2-9,20H,1H3,(H,19,21)(H,22,23,24);/q;+1/p-1. The molecule has 27 heavy (non-hydrogen) atoms. The molecule has 0 spiro atoms. The Balaban J connectivity index is 0.00000364. The molecule has 0 bridgehead atoms. The van der Waals surface area contributed by atoms with E-state index in [1.165, 1.54) is 43.5 Å². The largest absolute Gasteiger partial charge is 1.00 e. The number of hydrogen-bond acceptors (Lipinski definition) is 7. The molecule has 0 atom stereocenters. The Kier molecular flexibility index (Phi) is 8.02. The van der Waals surface area contributed by atoms with Crippen LogP contribution < -0.4 is 39.6 Å². The van der Waals surface area contributed by atoms with Gasteiger partial charge in [-0.2, -0.15) is 5.26 Å². The van der Waals surface area contributed by atoms with Gasteiger partial charge in [0.2, 0.25) is 0 Å². The number of anilines is 1. The van der Waals surface area contributed by atoms with E-state index in [-0.39, 0.29) is 52.3 Å². The predicted octanol–water partition coefficient (Wildman–Crippen LogP) is -1.15. The monoisotopic (exact) mass is 396 g/mol. The fourth-order valence-electron chi connectivity index (χ4n) is 2.03. The number of carbonyl (C=O) groups is 1. The van der Waals surface area contributed by atoms with E-state index in [0.29, 0.717) is 5.56 Å². The summed E-state index contributed by atoms with van der Waals surface area (Å²) in [6, 6.07) is 10.8. The van der Waals surface area contributed by atoms with Crippen LogP contribution in [-0.4, -0.2) is 31.1 Å². The average Bonchev–Trinajstić information content (AvgIpc) is 2.60. The van der Waals surface area contributed by atoms with E-state index in [4.69, 9.17) is 4.74 Å². The molecule has 0 fully saturated rings. The average molecular weight is 396 g/mol. The third-order valence-corrected chi connectivity index (χ3v) is 4.09. The van der Waals surface area contributed by atoms with Crippen molar-refractivity contribution in [3.05, 3.63) is 53.6 Å². The van der Waals surface area contributed by atoms with Crippen molar-refractivity contribution >= 4 is 27.8 Å². The number of nitriles is 1. The van der Waals surface area contributed by atoms with Crippen LogP contribution in [-0.2, 0) is 14.9 Å². The number of rotatable bonds is 5. The van der Waals surface area contributed by atoms with Crippen molar-refractivity contribution in [2.24, 2.45) is 0 Å². The van der Waals surface area contributed by atoms with Crippen LogP contribution in [0.5, 0.6) is 11.5 Å². The molecule has 0 heterocycles. The van der Waals surface area contributed by atoms with E-state index in [2.05, 4.69) is 5.32 Å². The Morgan fingerprint density at radius 1 is 1.30 bits per heavy atom. The maximum atomic E-state index is 12.2. The van der Waals surface area contributed by atoms with Crippen LogP contribution in [0.1, 0.15) is 5.56 Å². The molecule has 0 aliphatic heterocycles. The number of methoxy groups -OCH3 is 1. The first-order valence-electron chi connectivity index (χ1n) is 7.10. The summed E-state index contributed by atoms with van der Waals surface area (Å²) in [6.07, 6.45) is 1.27. The number of amides is 1. The SMILES string of the molecule is COc1cc(C=C(C#N)C(=O)Nc2cccc(S(=O)(=O)[O-])c2)ccc1O.[Na+]. The number of hydrogen-bond donors (Lipinski definition) is 2. The molecule has 10 heteroatoms. The summed E-state index contributed by atoms with van der Waals surface area (Å²) in [4.78, 5) is 11.7. The van der Waals surface area contributed by atoms with E-state index < -0.39 is 20.9 Å².